The van der Waals surface area contributed by atoms with Gasteiger partial charge in [0.25, 0.3) is 0 Å². The number of thioether (sulfide) groups is 1. The van der Waals surface area contributed by atoms with Gasteiger partial charge in [0.1, 0.15) is 5.75 Å². The molecule has 152 valence electrons. The van der Waals surface area contributed by atoms with Gasteiger partial charge in [-0.15, -0.1) is 24.2 Å². The first kappa shape index (κ1) is 23.6. The maximum Gasteiger partial charge on any atom is 0.236 e. The van der Waals surface area contributed by atoms with Crippen molar-refractivity contribution in [1.29, 1.82) is 0 Å². The molecule has 8 heteroatoms. The molecule has 0 spiro atoms. The van der Waals surface area contributed by atoms with Crippen molar-refractivity contribution in [3.05, 3.63) is 24.3 Å². The summed E-state index contributed by atoms with van der Waals surface area (Å²) in [5.41, 5.74) is 5.41. The summed E-state index contributed by atoms with van der Waals surface area (Å²) in [5.74, 6) is 0.882. The molecule has 0 aromatic heterocycles. The first-order valence-electron chi connectivity index (χ1n) is 9.13. The average molecular weight is 416 g/mol. The molecule has 1 aromatic carbocycles. The molecule has 0 aliphatic carbocycles. The molecule has 0 bridgehead atoms. The summed E-state index contributed by atoms with van der Waals surface area (Å²) in [6, 6.07) is 7.80. The Bertz CT molecular complexity index is 600. The second-order valence-corrected chi connectivity index (χ2v) is 7.87. The standard InChI is InChI=1S/C19H29N3O3S.ClH/c1-14(26-17-8-6-16(25-2)7-9-17)19(24)22-12-4-3-5-15(22)13-21-18(23)10-11-20;/h6-9,14-15H,3-5,10-13,20H2,1-2H3,(H,21,23);1H. The molecule has 1 fully saturated rings. The summed E-state index contributed by atoms with van der Waals surface area (Å²) >= 11 is 1.55. The maximum atomic E-state index is 13.0. The van der Waals surface area contributed by atoms with Crippen LogP contribution in [0.4, 0.5) is 0 Å². The van der Waals surface area contributed by atoms with Gasteiger partial charge in [0.15, 0.2) is 0 Å². The highest BCUT2D eigenvalue weighted by atomic mass is 35.5. The molecule has 0 saturated carbocycles. The second kappa shape index (κ2) is 12.1. The number of ether oxygens (including phenoxy) is 1. The zero-order valence-corrected chi connectivity index (χ0v) is 17.6. The SMILES string of the molecule is COc1ccc(SC(C)C(=O)N2CCCCC2CNC(=O)CCN)cc1.Cl. The van der Waals surface area contributed by atoms with Crippen LogP contribution in [0.5, 0.6) is 5.75 Å². The van der Waals surface area contributed by atoms with Gasteiger partial charge in [-0.2, -0.15) is 0 Å². The molecule has 1 heterocycles. The third-order valence-corrected chi connectivity index (χ3v) is 5.64. The zero-order chi connectivity index (χ0) is 18.9. The van der Waals surface area contributed by atoms with Crippen LogP contribution in [-0.4, -0.2) is 54.8 Å². The molecular weight excluding hydrogens is 386 g/mol. The summed E-state index contributed by atoms with van der Waals surface area (Å²) in [6.45, 7) is 3.54. The maximum absolute atomic E-state index is 13.0. The van der Waals surface area contributed by atoms with Crippen LogP contribution in [0.1, 0.15) is 32.6 Å². The summed E-state index contributed by atoms with van der Waals surface area (Å²) in [6.07, 6.45) is 3.35. The highest BCUT2D eigenvalue weighted by molar-refractivity contribution is 8.00. The van der Waals surface area contributed by atoms with Crippen molar-refractivity contribution in [2.24, 2.45) is 5.73 Å². The van der Waals surface area contributed by atoms with Crippen LogP contribution >= 0.6 is 24.2 Å². The minimum absolute atomic E-state index is 0. The molecule has 2 rings (SSSR count). The van der Waals surface area contributed by atoms with E-state index < -0.39 is 0 Å². The number of hydrogen-bond acceptors (Lipinski definition) is 5. The van der Waals surface area contributed by atoms with Crippen molar-refractivity contribution < 1.29 is 14.3 Å². The molecule has 2 unspecified atom stereocenters. The summed E-state index contributed by atoms with van der Waals surface area (Å²) < 4.78 is 5.17. The highest BCUT2D eigenvalue weighted by Crippen LogP contribution is 2.28. The van der Waals surface area contributed by atoms with E-state index >= 15 is 0 Å². The Labute approximate surface area is 172 Å². The molecule has 6 nitrogen and oxygen atoms in total. The summed E-state index contributed by atoms with van der Waals surface area (Å²) in [4.78, 5) is 27.6. The Kier molecular flexibility index (Phi) is 10.6. The van der Waals surface area contributed by atoms with Crippen molar-refractivity contribution in [3.63, 3.8) is 0 Å². The van der Waals surface area contributed by atoms with Gasteiger partial charge < -0.3 is 20.7 Å². The van der Waals surface area contributed by atoms with Crippen molar-refractivity contribution in [1.82, 2.24) is 10.2 Å². The van der Waals surface area contributed by atoms with Crippen LogP contribution in [-0.2, 0) is 9.59 Å². The average Bonchev–Trinajstić information content (AvgIpc) is 2.67. The van der Waals surface area contributed by atoms with E-state index in [1.807, 2.05) is 36.1 Å². The Morgan fingerprint density at radius 3 is 2.67 bits per heavy atom. The molecule has 3 N–H and O–H groups in total. The lowest BCUT2D eigenvalue weighted by Gasteiger charge is -2.37. The smallest absolute Gasteiger partial charge is 0.236 e. The van der Waals surface area contributed by atoms with Crippen LogP contribution < -0.4 is 15.8 Å². The van der Waals surface area contributed by atoms with Crippen molar-refractivity contribution >= 4 is 36.0 Å². The number of benzene rings is 1. The fourth-order valence-corrected chi connectivity index (χ4v) is 4.03. The van der Waals surface area contributed by atoms with Gasteiger partial charge in [-0.05, 0) is 50.5 Å². The van der Waals surface area contributed by atoms with Crippen LogP contribution in [0.2, 0.25) is 0 Å². The molecule has 2 amide bonds. The van der Waals surface area contributed by atoms with E-state index in [2.05, 4.69) is 5.32 Å². The van der Waals surface area contributed by atoms with Crippen molar-refractivity contribution in [3.8, 4) is 5.75 Å². The number of nitrogens with one attached hydrogen (secondary N) is 1. The lowest BCUT2D eigenvalue weighted by molar-refractivity contribution is -0.134. The molecule has 1 aliphatic heterocycles. The van der Waals surface area contributed by atoms with E-state index in [1.54, 1.807) is 18.9 Å². The minimum atomic E-state index is -0.177. The first-order valence-corrected chi connectivity index (χ1v) is 10.0. The van der Waals surface area contributed by atoms with Crippen LogP contribution in [0.3, 0.4) is 0 Å². The topological polar surface area (TPSA) is 84.7 Å². The third-order valence-electron chi connectivity index (χ3n) is 4.54. The number of nitrogens with zero attached hydrogens (tertiary/aromatic N) is 1. The van der Waals surface area contributed by atoms with Crippen LogP contribution in [0.25, 0.3) is 0 Å². The fraction of sp³-hybridized carbons (Fsp3) is 0.579. The number of nitrogens with two attached hydrogens (primary N) is 1. The number of likely N-dealkylation sites (tertiary alicyclic amines) is 1. The van der Waals surface area contributed by atoms with Gasteiger partial charge in [-0.3, -0.25) is 9.59 Å². The van der Waals surface area contributed by atoms with Gasteiger partial charge in [-0.1, -0.05) is 0 Å². The summed E-state index contributed by atoms with van der Waals surface area (Å²) in [5, 5.41) is 2.73. The molecule has 1 aliphatic rings. The molecule has 0 radical (unpaired) electrons. The molecular formula is C19H30ClN3O3S. The van der Waals surface area contributed by atoms with Crippen molar-refractivity contribution in [2.45, 2.75) is 48.8 Å². The quantitative estimate of drug-likeness (QED) is 0.637. The Hall–Kier alpha value is -1.44. The Balaban J connectivity index is 0.00000364. The molecule has 27 heavy (non-hydrogen) atoms. The number of amides is 2. The van der Waals surface area contributed by atoms with Gasteiger partial charge in [0.05, 0.1) is 12.4 Å². The number of hydrogen-bond donors (Lipinski definition) is 2. The largest absolute Gasteiger partial charge is 0.497 e. The number of rotatable bonds is 8. The molecule has 2 atom stereocenters. The Morgan fingerprint density at radius 2 is 2.04 bits per heavy atom. The number of halogens is 1. The van der Waals surface area contributed by atoms with Gasteiger partial charge >= 0.3 is 0 Å². The van der Waals surface area contributed by atoms with E-state index in [4.69, 9.17) is 10.5 Å². The van der Waals surface area contributed by atoms with E-state index in [9.17, 15) is 9.59 Å². The summed E-state index contributed by atoms with van der Waals surface area (Å²) in [7, 11) is 1.64. The van der Waals surface area contributed by atoms with E-state index in [-0.39, 0.29) is 35.5 Å². The van der Waals surface area contributed by atoms with Gasteiger partial charge in [0, 0.05) is 37.0 Å². The predicted octanol–water partition coefficient (Wildman–Crippen LogP) is 2.44. The lowest BCUT2D eigenvalue weighted by atomic mass is 10.0. The zero-order valence-electron chi connectivity index (χ0n) is 16.0. The van der Waals surface area contributed by atoms with Crippen LogP contribution in [0, 0.1) is 0 Å². The Morgan fingerprint density at radius 1 is 1.33 bits per heavy atom. The predicted molar refractivity (Wildman–Crippen MR) is 112 cm³/mol. The number of methoxy groups -OCH3 is 1. The monoisotopic (exact) mass is 415 g/mol. The third kappa shape index (κ3) is 7.24. The minimum Gasteiger partial charge on any atom is -0.497 e. The van der Waals surface area contributed by atoms with E-state index in [1.165, 1.54) is 0 Å². The van der Waals surface area contributed by atoms with Crippen LogP contribution in [0.15, 0.2) is 29.2 Å². The van der Waals surface area contributed by atoms with Gasteiger partial charge in [-0.25, -0.2) is 0 Å². The number of carbonyl (C=O) groups is 2. The fourth-order valence-electron chi connectivity index (χ4n) is 3.10. The lowest BCUT2D eigenvalue weighted by Crippen LogP contribution is -2.51. The number of carbonyl (C=O) groups excluding carboxylic acids is 2. The second-order valence-electron chi connectivity index (χ2n) is 6.46. The molecule has 1 saturated heterocycles. The highest BCUT2D eigenvalue weighted by Gasteiger charge is 2.30. The number of piperidine rings is 1. The van der Waals surface area contributed by atoms with E-state index in [0.29, 0.717) is 19.5 Å². The van der Waals surface area contributed by atoms with Crippen molar-refractivity contribution in [2.75, 3.05) is 26.7 Å². The van der Waals surface area contributed by atoms with E-state index in [0.717, 1.165) is 36.5 Å². The molecule has 1 aromatic rings. The van der Waals surface area contributed by atoms with Gasteiger partial charge in [0.2, 0.25) is 11.8 Å². The first-order chi connectivity index (χ1) is 12.5. The normalized spacial score (nSPS) is 17.6.